The highest BCUT2D eigenvalue weighted by molar-refractivity contribution is 5.92. The first-order valence-corrected chi connectivity index (χ1v) is 8.80. The number of benzene rings is 2. The fourth-order valence-corrected chi connectivity index (χ4v) is 3.49. The average Bonchev–Trinajstić information content (AvgIpc) is 3.01. The number of nitrogens with zero attached hydrogens (tertiary/aromatic N) is 2. The number of hydrogen-bond donors (Lipinski definition) is 3. The minimum atomic E-state index is -0.286. The van der Waals surface area contributed by atoms with Crippen molar-refractivity contribution in [1.82, 2.24) is 14.9 Å². The van der Waals surface area contributed by atoms with Gasteiger partial charge in [-0.2, -0.15) is 0 Å². The van der Waals surface area contributed by atoms with Gasteiger partial charge >= 0.3 is 11.7 Å². The Morgan fingerprint density at radius 1 is 1.15 bits per heavy atom. The predicted octanol–water partition coefficient (Wildman–Crippen LogP) is 2.74. The number of rotatable bonds is 2. The number of para-hydroxylation sites is 1. The first-order valence-electron chi connectivity index (χ1n) is 8.80. The van der Waals surface area contributed by atoms with Gasteiger partial charge in [-0.3, -0.25) is 0 Å². The van der Waals surface area contributed by atoms with Crippen LogP contribution in [-0.2, 0) is 0 Å². The third kappa shape index (κ3) is 3.38. The van der Waals surface area contributed by atoms with E-state index in [1.807, 2.05) is 17.9 Å². The van der Waals surface area contributed by atoms with Gasteiger partial charge in [-0.1, -0.05) is 12.1 Å². The van der Waals surface area contributed by atoms with Gasteiger partial charge in [-0.05, 0) is 37.3 Å². The molecule has 140 valence electrons. The molecule has 1 aliphatic heterocycles. The molecule has 3 aromatic rings. The van der Waals surface area contributed by atoms with Crippen molar-refractivity contribution in [2.45, 2.75) is 13.0 Å². The van der Waals surface area contributed by atoms with Crippen LogP contribution in [0.25, 0.3) is 11.0 Å². The van der Waals surface area contributed by atoms with Crippen molar-refractivity contribution in [1.29, 1.82) is 0 Å². The highest BCUT2D eigenvalue weighted by atomic mass is 19.1. The first-order chi connectivity index (χ1) is 13.0. The second-order valence-electron chi connectivity index (χ2n) is 6.71. The summed E-state index contributed by atoms with van der Waals surface area (Å²) in [4.78, 5) is 33.0. The molecule has 27 heavy (non-hydrogen) atoms. The second kappa shape index (κ2) is 6.79. The molecule has 0 aliphatic carbocycles. The van der Waals surface area contributed by atoms with E-state index in [2.05, 4.69) is 15.3 Å². The van der Waals surface area contributed by atoms with Crippen molar-refractivity contribution in [3.63, 3.8) is 0 Å². The van der Waals surface area contributed by atoms with Gasteiger partial charge in [0.1, 0.15) is 5.82 Å². The number of carbonyl (C=O) groups is 1. The first kappa shape index (κ1) is 17.1. The lowest BCUT2D eigenvalue weighted by Crippen LogP contribution is -2.55. The standard InChI is InChI=1S/C19H20FN5O2/c1-12-11-24(17-5-3-2-4-14(17)20)8-9-25(12)19(27)21-13-6-7-15-16(10-13)23-18(26)22-15/h2-7,10,12H,8-9,11H2,1H3,(H,21,27)(H2,22,23,26). The Kier molecular flexibility index (Phi) is 4.31. The summed E-state index contributed by atoms with van der Waals surface area (Å²) in [5, 5.41) is 2.87. The normalized spacial score (nSPS) is 17.3. The number of nitrogens with one attached hydrogen (secondary N) is 3. The van der Waals surface area contributed by atoms with Crippen molar-refractivity contribution < 1.29 is 9.18 Å². The van der Waals surface area contributed by atoms with E-state index in [1.165, 1.54) is 6.07 Å². The summed E-state index contributed by atoms with van der Waals surface area (Å²) in [5.74, 6) is -0.253. The second-order valence-corrected chi connectivity index (χ2v) is 6.71. The SMILES string of the molecule is CC1CN(c2ccccc2F)CCN1C(=O)Nc1ccc2[nH]c(=O)[nH]c2c1. The van der Waals surface area contributed by atoms with E-state index in [1.54, 1.807) is 35.2 Å². The molecular formula is C19H20FN5O2. The number of amides is 2. The lowest BCUT2D eigenvalue weighted by Gasteiger charge is -2.40. The molecule has 4 rings (SSSR count). The van der Waals surface area contributed by atoms with Crippen LogP contribution in [-0.4, -0.2) is 46.6 Å². The van der Waals surface area contributed by atoms with Crippen molar-refractivity contribution in [2.75, 3.05) is 29.9 Å². The molecule has 1 atom stereocenters. The molecule has 1 aromatic heterocycles. The molecule has 1 fully saturated rings. The van der Waals surface area contributed by atoms with Gasteiger partial charge in [0.15, 0.2) is 0 Å². The Bertz CT molecular complexity index is 1040. The summed E-state index contributed by atoms with van der Waals surface area (Å²) in [7, 11) is 0. The van der Waals surface area contributed by atoms with Crippen LogP contribution in [0.2, 0.25) is 0 Å². The molecule has 0 saturated carbocycles. The molecule has 0 bridgehead atoms. The van der Waals surface area contributed by atoms with E-state index >= 15 is 0 Å². The number of anilines is 2. The minimum Gasteiger partial charge on any atom is -0.365 e. The predicted molar refractivity (Wildman–Crippen MR) is 103 cm³/mol. The zero-order chi connectivity index (χ0) is 19.0. The maximum absolute atomic E-state index is 14.0. The molecule has 1 aliphatic rings. The third-order valence-corrected chi connectivity index (χ3v) is 4.85. The van der Waals surface area contributed by atoms with Crippen LogP contribution in [0.5, 0.6) is 0 Å². The number of H-pyrrole nitrogens is 2. The number of fused-ring (bicyclic) bond motifs is 1. The monoisotopic (exact) mass is 369 g/mol. The number of imidazole rings is 1. The lowest BCUT2D eigenvalue weighted by molar-refractivity contribution is 0.184. The quantitative estimate of drug-likeness (QED) is 0.649. The Balaban J connectivity index is 1.44. The van der Waals surface area contributed by atoms with Crippen molar-refractivity contribution in [3.8, 4) is 0 Å². The average molecular weight is 369 g/mol. The summed E-state index contributed by atoms with van der Waals surface area (Å²) < 4.78 is 14.0. The molecule has 3 N–H and O–H groups in total. The maximum Gasteiger partial charge on any atom is 0.323 e. The van der Waals surface area contributed by atoms with Gasteiger partial charge in [0.05, 0.1) is 16.7 Å². The summed E-state index contributed by atoms with van der Waals surface area (Å²) in [5.41, 5.74) is 2.20. The summed E-state index contributed by atoms with van der Waals surface area (Å²) in [6.45, 7) is 3.55. The van der Waals surface area contributed by atoms with Crippen LogP contribution in [0.15, 0.2) is 47.3 Å². The van der Waals surface area contributed by atoms with E-state index in [0.29, 0.717) is 42.0 Å². The molecule has 2 amide bonds. The van der Waals surface area contributed by atoms with Gasteiger partial charge in [-0.25, -0.2) is 14.0 Å². The smallest absolute Gasteiger partial charge is 0.323 e. The van der Waals surface area contributed by atoms with Crippen LogP contribution >= 0.6 is 0 Å². The highest BCUT2D eigenvalue weighted by Gasteiger charge is 2.28. The summed E-state index contributed by atoms with van der Waals surface area (Å²) in [6, 6.07) is 11.6. The fourth-order valence-electron chi connectivity index (χ4n) is 3.49. The van der Waals surface area contributed by atoms with Gasteiger partial charge in [0.2, 0.25) is 0 Å². The molecule has 2 heterocycles. The van der Waals surface area contributed by atoms with Crippen LogP contribution < -0.4 is 15.9 Å². The number of aromatic amines is 2. The fraction of sp³-hybridized carbons (Fsp3) is 0.263. The number of halogens is 1. The Morgan fingerprint density at radius 3 is 2.70 bits per heavy atom. The zero-order valence-electron chi connectivity index (χ0n) is 14.8. The van der Waals surface area contributed by atoms with Gasteiger partial charge in [0.25, 0.3) is 0 Å². The van der Waals surface area contributed by atoms with Crippen LogP contribution in [0.4, 0.5) is 20.6 Å². The van der Waals surface area contributed by atoms with E-state index in [-0.39, 0.29) is 23.6 Å². The molecule has 8 heteroatoms. The third-order valence-electron chi connectivity index (χ3n) is 4.85. The van der Waals surface area contributed by atoms with Crippen LogP contribution in [0.1, 0.15) is 6.92 Å². The number of piperazine rings is 1. The van der Waals surface area contributed by atoms with Gasteiger partial charge < -0.3 is 25.1 Å². The number of aromatic nitrogens is 2. The van der Waals surface area contributed by atoms with Gasteiger partial charge in [-0.15, -0.1) is 0 Å². The van der Waals surface area contributed by atoms with Crippen molar-refractivity contribution >= 4 is 28.4 Å². The minimum absolute atomic E-state index is 0.0749. The summed E-state index contributed by atoms with van der Waals surface area (Å²) >= 11 is 0. The molecular weight excluding hydrogens is 349 g/mol. The van der Waals surface area contributed by atoms with Crippen LogP contribution in [0.3, 0.4) is 0 Å². The maximum atomic E-state index is 14.0. The molecule has 0 spiro atoms. The largest absolute Gasteiger partial charge is 0.365 e. The number of urea groups is 1. The summed E-state index contributed by atoms with van der Waals surface area (Å²) in [6.07, 6.45) is 0. The molecule has 2 aromatic carbocycles. The molecule has 1 saturated heterocycles. The Hall–Kier alpha value is -3.29. The lowest BCUT2D eigenvalue weighted by atomic mass is 10.1. The molecule has 1 unspecified atom stereocenters. The molecule has 7 nitrogen and oxygen atoms in total. The van der Waals surface area contributed by atoms with Crippen molar-refractivity contribution in [2.24, 2.45) is 0 Å². The Morgan fingerprint density at radius 2 is 1.93 bits per heavy atom. The number of carbonyl (C=O) groups excluding carboxylic acids is 1. The number of hydrogen-bond acceptors (Lipinski definition) is 3. The van der Waals surface area contributed by atoms with E-state index in [0.717, 1.165) is 0 Å². The zero-order valence-corrected chi connectivity index (χ0v) is 14.8. The highest BCUT2D eigenvalue weighted by Crippen LogP contribution is 2.23. The van der Waals surface area contributed by atoms with Crippen LogP contribution in [0, 0.1) is 5.82 Å². The topological polar surface area (TPSA) is 84.2 Å². The Labute approximate surface area is 154 Å². The van der Waals surface area contributed by atoms with E-state index in [9.17, 15) is 14.0 Å². The van der Waals surface area contributed by atoms with E-state index in [4.69, 9.17) is 0 Å². The van der Waals surface area contributed by atoms with Gasteiger partial charge in [0, 0.05) is 31.4 Å². The van der Waals surface area contributed by atoms with Crippen molar-refractivity contribution in [3.05, 3.63) is 58.8 Å². The molecule has 0 radical (unpaired) electrons. The van der Waals surface area contributed by atoms with E-state index < -0.39 is 0 Å².